The minimum absolute atomic E-state index is 0.0617. The Morgan fingerprint density at radius 3 is 2.21 bits per heavy atom. The molecule has 34 heavy (non-hydrogen) atoms. The third-order valence-electron chi connectivity index (χ3n) is 5.77. The van der Waals surface area contributed by atoms with E-state index in [0.717, 1.165) is 32.3 Å². The summed E-state index contributed by atoms with van der Waals surface area (Å²) in [5, 5.41) is 14.3. The predicted octanol–water partition coefficient (Wildman–Crippen LogP) is 5.08. The van der Waals surface area contributed by atoms with Crippen LogP contribution in [0, 0.1) is 6.92 Å². The van der Waals surface area contributed by atoms with Crippen molar-refractivity contribution in [3.8, 4) is 11.1 Å². The normalized spacial score (nSPS) is 12.9. The van der Waals surface area contributed by atoms with Crippen LogP contribution >= 0.6 is 15.9 Å². The number of amides is 2. The van der Waals surface area contributed by atoms with Crippen LogP contribution in [0.5, 0.6) is 0 Å². The highest BCUT2D eigenvalue weighted by atomic mass is 79.9. The minimum atomic E-state index is -1.30. The van der Waals surface area contributed by atoms with Crippen molar-refractivity contribution in [2.24, 2.45) is 0 Å². The Morgan fingerprint density at radius 1 is 1.00 bits per heavy atom. The van der Waals surface area contributed by atoms with Gasteiger partial charge in [-0.05, 0) is 46.9 Å². The van der Waals surface area contributed by atoms with Gasteiger partial charge in [0.1, 0.15) is 12.6 Å². The summed E-state index contributed by atoms with van der Waals surface area (Å²) in [6, 6.07) is 19.8. The van der Waals surface area contributed by atoms with Crippen LogP contribution in [0.4, 0.5) is 10.5 Å². The van der Waals surface area contributed by atoms with E-state index in [9.17, 15) is 19.5 Å². The Hall–Kier alpha value is -3.65. The maximum Gasteiger partial charge on any atom is 0.407 e. The van der Waals surface area contributed by atoms with Crippen LogP contribution in [-0.2, 0) is 14.3 Å². The van der Waals surface area contributed by atoms with E-state index in [1.807, 2.05) is 61.5 Å². The monoisotopic (exact) mass is 522 g/mol. The van der Waals surface area contributed by atoms with Gasteiger partial charge in [-0.25, -0.2) is 4.79 Å². The molecule has 3 aromatic carbocycles. The van der Waals surface area contributed by atoms with Crippen molar-refractivity contribution in [2.75, 3.05) is 11.9 Å². The van der Waals surface area contributed by atoms with Crippen LogP contribution < -0.4 is 10.6 Å². The molecule has 8 heteroatoms. The van der Waals surface area contributed by atoms with E-state index < -0.39 is 30.4 Å². The topological polar surface area (TPSA) is 105 Å². The molecule has 1 atom stereocenters. The lowest BCUT2D eigenvalue weighted by Gasteiger charge is -2.19. The molecule has 3 N–H and O–H groups in total. The van der Waals surface area contributed by atoms with Gasteiger partial charge in [-0.15, -0.1) is 0 Å². The molecule has 0 saturated heterocycles. The number of anilines is 1. The van der Waals surface area contributed by atoms with Gasteiger partial charge in [0, 0.05) is 16.1 Å². The number of aryl methyl sites for hydroxylation is 1. The van der Waals surface area contributed by atoms with Gasteiger partial charge in [0.2, 0.25) is 5.91 Å². The summed E-state index contributed by atoms with van der Waals surface area (Å²) in [4.78, 5) is 36.6. The molecule has 7 nitrogen and oxygen atoms in total. The summed E-state index contributed by atoms with van der Waals surface area (Å²) < 4.78 is 6.25. The Labute approximate surface area is 205 Å². The maximum absolute atomic E-state index is 12.7. The number of carbonyl (C=O) groups is 3. The minimum Gasteiger partial charge on any atom is -0.481 e. The SMILES string of the molecule is Cc1ccc(NC(=O)C(CC(=O)O)NC(=O)OCC2c3ccccc3-c3ccccc32)cc1Br. The van der Waals surface area contributed by atoms with Crippen LogP contribution in [0.25, 0.3) is 11.1 Å². The van der Waals surface area contributed by atoms with Crippen LogP contribution in [0.3, 0.4) is 0 Å². The van der Waals surface area contributed by atoms with Gasteiger partial charge in [-0.1, -0.05) is 70.5 Å². The van der Waals surface area contributed by atoms with Crippen molar-refractivity contribution in [1.82, 2.24) is 5.32 Å². The van der Waals surface area contributed by atoms with Crippen molar-refractivity contribution < 1.29 is 24.2 Å². The van der Waals surface area contributed by atoms with Crippen molar-refractivity contribution in [1.29, 1.82) is 0 Å². The maximum atomic E-state index is 12.7. The number of alkyl carbamates (subject to hydrolysis) is 1. The van der Waals surface area contributed by atoms with E-state index in [4.69, 9.17) is 4.74 Å². The largest absolute Gasteiger partial charge is 0.481 e. The molecule has 0 spiro atoms. The summed E-state index contributed by atoms with van der Waals surface area (Å²) in [6.07, 6.45) is -1.43. The number of aliphatic carboxylic acids is 1. The van der Waals surface area contributed by atoms with Crippen molar-refractivity contribution in [3.05, 3.63) is 87.9 Å². The highest BCUT2D eigenvalue weighted by molar-refractivity contribution is 9.10. The first-order valence-electron chi connectivity index (χ1n) is 10.7. The van der Waals surface area contributed by atoms with Crippen LogP contribution in [0.2, 0.25) is 0 Å². The second kappa shape index (κ2) is 10.1. The number of carbonyl (C=O) groups excluding carboxylic acids is 2. The van der Waals surface area contributed by atoms with Gasteiger partial charge in [0.15, 0.2) is 0 Å². The van der Waals surface area contributed by atoms with Crippen LogP contribution in [0.1, 0.15) is 29.0 Å². The van der Waals surface area contributed by atoms with Gasteiger partial charge in [0.25, 0.3) is 0 Å². The molecule has 0 fully saturated rings. The van der Waals surface area contributed by atoms with Crippen molar-refractivity contribution >= 4 is 39.6 Å². The zero-order valence-electron chi connectivity index (χ0n) is 18.4. The molecule has 0 aromatic heterocycles. The molecule has 1 unspecified atom stereocenters. The molecule has 0 aliphatic heterocycles. The first-order chi connectivity index (χ1) is 16.3. The second-order valence-electron chi connectivity index (χ2n) is 8.07. The standard InChI is InChI=1S/C26H23BrN2O5/c1-15-10-11-16(12-22(15)27)28-25(32)23(13-24(30)31)29-26(33)34-14-21-19-8-4-2-6-17(19)18-7-3-5-9-20(18)21/h2-12,21,23H,13-14H2,1H3,(H,28,32)(H,29,33)(H,30,31). The highest BCUT2D eigenvalue weighted by Gasteiger charge is 2.30. The van der Waals surface area contributed by atoms with E-state index >= 15 is 0 Å². The first-order valence-corrected chi connectivity index (χ1v) is 11.5. The lowest BCUT2D eigenvalue weighted by Crippen LogP contribution is -2.45. The number of hydrogen-bond acceptors (Lipinski definition) is 4. The van der Waals surface area contributed by atoms with E-state index in [1.165, 1.54) is 0 Å². The van der Waals surface area contributed by atoms with Crippen molar-refractivity contribution in [3.63, 3.8) is 0 Å². The number of nitrogens with one attached hydrogen (secondary N) is 2. The van der Waals surface area contributed by atoms with Gasteiger partial charge in [0.05, 0.1) is 6.42 Å². The molecular weight excluding hydrogens is 500 g/mol. The quantitative estimate of drug-likeness (QED) is 0.401. The number of ether oxygens (including phenoxy) is 1. The Balaban J connectivity index is 1.43. The third kappa shape index (κ3) is 5.12. The van der Waals surface area contributed by atoms with E-state index in [-0.39, 0.29) is 12.5 Å². The van der Waals surface area contributed by atoms with Gasteiger partial charge >= 0.3 is 12.1 Å². The number of hydrogen-bond donors (Lipinski definition) is 3. The number of benzene rings is 3. The van der Waals surface area contributed by atoms with Gasteiger partial charge in [-0.2, -0.15) is 0 Å². The fourth-order valence-electron chi connectivity index (χ4n) is 4.07. The first kappa shape index (κ1) is 23.5. The Bertz CT molecular complexity index is 1210. The highest BCUT2D eigenvalue weighted by Crippen LogP contribution is 2.44. The molecule has 174 valence electrons. The number of fused-ring (bicyclic) bond motifs is 3. The van der Waals surface area contributed by atoms with Crippen LogP contribution in [0.15, 0.2) is 71.2 Å². The fraction of sp³-hybridized carbons (Fsp3) is 0.192. The van der Waals surface area contributed by atoms with E-state index in [0.29, 0.717) is 5.69 Å². The number of rotatable bonds is 7. The summed E-state index contributed by atoms with van der Waals surface area (Å²) >= 11 is 3.39. The van der Waals surface area contributed by atoms with E-state index in [2.05, 4.69) is 26.6 Å². The van der Waals surface area contributed by atoms with Crippen LogP contribution in [-0.4, -0.2) is 35.7 Å². The lowest BCUT2D eigenvalue weighted by atomic mass is 9.98. The molecule has 0 heterocycles. The summed E-state index contributed by atoms with van der Waals surface area (Å²) in [6.45, 7) is 1.97. The molecular formula is C26H23BrN2O5. The average molecular weight is 523 g/mol. The molecule has 3 aromatic rings. The smallest absolute Gasteiger partial charge is 0.407 e. The Kier molecular flexibility index (Phi) is 6.98. The van der Waals surface area contributed by atoms with Gasteiger partial charge in [-0.3, -0.25) is 9.59 Å². The summed E-state index contributed by atoms with van der Waals surface area (Å²) in [7, 11) is 0. The molecule has 1 aliphatic rings. The number of halogens is 1. The van der Waals surface area contributed by atoms with E-state index in [1.54, 1.807) is 12.1 Å². The summed E-state index contributed by atoms with van der Waals surface area (Å²) in [5.74, 6) is -2.01. The third-order valence-corrected chi connectivity index (χ3v) is 6.62. The fourth-order valence-corrected chi connectivity index (χ4v) is 4.45. The molecule has 0 bridgehead atoms. The molecule has 0 saturated carbocycles. The average Bonchev–Trinajstić information content (AvgIpc) is 3.13. The second-order valence-corrected chi connectivity index (χ2v) is 8.93. The molecule has 1 aliphatic carbocycles. The zero-order valence-corrected chi connectivity index (χ0v) is 20.0. The Morgan fingerprint density at radius 2 is 1.62 bits per heavy atom. The summed E-state index contributed by atoms with van der Waals surface area (Å²) in [5.41, 5.74) is 5.77. The predicted molar refractivity (Wildman–Crippen MR) is 132 cm³/mol. The lowest BCUT2D eigenvalue weighted by molar-refractivity contribution is -0.139. The van der Waals surface area contributed by atoms with Gasteiger partial charge < -0.3 is 20.5 Å². The molecule has 0 radical (unpaired) electrons. The number of carboxylic acid groups (broad SMARTS) is 1. The zero-order chi connectivity index (χ0) is 24.2. The number of carboxylic acids is 1. The molecule has 2 amide bonds. The molecule has 4 rings (SSSR count). The van der Waals surface area contributed by atoms with Crippen molar-refractivity contribution in [2.45, 2.75) is 25.3 Å².